The van der Waals surface area contributed by atoms with E-state index in [0.717, 1.165) is 22.3 Å². The van der Waals surface area contributed by atoms with Crippen molar-refractivity contribution in [3.63, 3.8) is 0 Å². The van der Waals surface area contributed by atoms with Crippen molar-refractivity contribution in [3.05, 3.63) is 64.1 Å². The molecule has 0 saturated carbocycles. The Bertz CT molecular complexity index is 734. The van der Waals surface area contributed by atoms with Crippen LogP contribution in [0.5, 0.6) is 0 Å². The van der Waals surface area contributed by atoms with Crippen molar-refractivity contribution < 1.29 is 4.79 Å². The zero-order chi connectivity index (χ0) is 16.2. The van der Waals surface area contributed by atoms with Crippen LogP contribution in [0.25, 0.3) is 0 Å². The van der Waals surface area contributed by atoms with E-state index in [1.807, 2.05) is 41.3 Å². The van der Waals surface area contributed by atoms with E-state index in [0.29, 0.717) is 25.2 Å². The van der Waals surface area contributed by atoms with Crippen LogP contribution in [0.1, 0.15) is 11.1 Å². The first-order valence-corrected chi connectivity index (χ1v) is 8.22. The molecule has 23 heavy (non-hydrogen) atoms. The molecule has 0 atom stereocenters. The third-order valence-electron chi connectivity index (χ3n) is 3.97. The lowest BCUT2D eigenvalue weighted by Gasteiger charge is -2.35. The van der Waals surface area contributed by atoms with Gasteiger partial charge < -0.3 is 9.80 Å². The minimum Gasteiger partial charge on any atom is -0.360 e. The van der Waals surface area contributed by atoms with E-state index in [4.69, 9.17) is 5.26 Å². The van der Waals surface area contributed by atoms with Crippen LogP contribution in [-0.2, 0) is 11.3 Å². The van der Waals surface area contributed by atoms with Crippen molar-refractivity contribution in [2.45, 2.75) is 6.54 Å². The van der Waals surface area contributed by atoms with Crippen LogP contribution < -0.4 is 4.90 Å². The lowest BCUT2D eigenvalue weighted by Crippen LogP contribution is -2.50. The fourth-order valence-corrected chi connectivity index (χ4v) is 2.92. The Morgan fingerprint density at radius 1 is 1.04 bits per heavy atom. The van der Waals surface area contributed by atoms with Crippen molar-refractivity contribution in [2.75, 3.05) is 24.5 Å². The Labute approximate surface area is 144 Å². The number of nitrogens with zero attached hydrogens (tertiary/aromatic N) is 3. The summed E-state index contributed by atoms with van der Waals surface area (Å²) in [4.78, 5) is 16.3. The second-order valence-corrected chi connectivity index (χ2v) is 6.44. The highest BCUT2D eigenvalue weighted by atomic mass is 79.9. The molecule has 1 amide bonds. The second-order valence-electron chi connectivity index (χ2n) is 5.52. The summed E-state index contributed by atoms with van der Waals surface area (Å²) in [7, 11) is 0. The van der Waals surface area contributed by atoms with Gasteiger partial charge in [0, 0.05) is 29.8 Å². The van der Waals surface area contributed by atoms with Gasteiger partial charge >= 0.3 is 0 Å². The van der Waals surface area contributed by atoms with Gasteiger partial charge in [-0.25, -0.2) is 0 Å². The van der Waals surface area contributed by atoms with Crippen molar-refractivity contribution in [2.24, 2.45) is 0 Å². The molecule has 0 bridgehead atoms. The van der Waals surface area contributed by atoms with Crippen molar-refractivity contribution in [3.8, 4) is 6.07 Å². The average molecular weight is 370 g/mol. The first kappa shape index (κ1) is 15.6. The molecule has 2 aromatic rings. The quantitative estimate of drug-likeness (QED) is 0.834. The molecule has 0 N–H and O–H groups in total. The van der Waals surface area contributed by atoms with Crippen LogP contribution in [0.4, 0.5) is 5.69 Å². The van der Waals surface area contributed by atoms with Crippen LogP contribution in [0.15, 0.2) is 53.0 Å². The van der Waals surface area contributed by atoms with Gasteiger partial charge in [0.2, 0.25) is 5.91 Å². The number of nitriles is 1. The number of benzene rings is 2. The third-order valence-corrected chi connectivity index (χ3v) is 4.50. The summed E-state index contributed by atoms with van der Waals surface area (Å²) < 4.78 is 1.04. The van der Waals surface area contributed by atoms with E-state index in [-0.39, 0.29) is 5.91 Å². The molecule has 116 valence electrons. The van der Waals surface area contributed by atoms with E-state index in [2.05, 4.69) is 26.9 Å². The molecule has 0 radical (unpaired) electrons. The maximum atomic E-state index is 12.4. The Morgan fingerprint density at radius 3 is 2.35 bits per heavy atom. The molecule has 0 unspecified atom stereocenters. The molecule has 1 heterocycles. The topological polar surface area (TPSA) is 47.3 Å². The van der Waals surface area contributed by atoms with Gasteiger partial charge in [-0.05, 0) is 42.0 Å². The molecule has 3 rings (SSSR count). The van der Waals surface area contributed by atoms with Crippen molar-refractivity contribution in [1.82, 2.24) is 4.90 Å². The molecule has 1 aliphatic rings. The fraction of sp³-hybridized carbons (Fsp3) is 0.222. The summed E-state index contributed by atoms with van der Waals surface area (Å²) in [5.41, 5.74) is 2.75. The summed E-state index contributed by atoms with van der Waals surface area (Å²) in [5, 5.41) is 8.85. The van der Waals surface area contributed by atoms with Gasteiger partial charge in [-0.3, -0.25) is 4.79 Å². The Kier molecular flexibility index (Phi) is 4.63. The van der Waals surface area contributed by atoms with Crippen LogP contribution in [0.2, 0.25) is 0 Å². The molecule has 4 nitrogen and oxygen atoms in total. The molecule has 1 aliphatic heterocycles. The number of rotatable bonds is 3. The van der Waals surface area contributed by atoms with E-state index >= 15 is 0 Å². The van der Waals surface area contributed by atoms with Gasteiger partial charge in [-0.1, -0.05) is 28.1 Å². The number of halogens is 1. The summed E-state index contributed by atoms with van der Waals surface area (Å²) in [5.74, 6) is 0.128. The smallest absolute Gasteiger partial charge is 0.242 e. The zero-order valence-electron chi connectivity index (χ0n) is 12.6. The highest BCUT2D eigenvalue weighted by molar-refractivity contribution is 9.10. The molecule has 0 spiro atoms. The van der Waals surface area contributed by atoms with E-state index < -0.39 is 0 Å². The molecule has 0 aromatic heterocycles. The van der Waals surface area contributed by atoms with Crippen molar-refractivity contribution in [1.29, 1.82) is 5.26 Å². The first-order chi connectivity index (χ1) is 11.2. The maximum Gasteiger partial charge on any atom is 0.242 e. The Hall–Kier alpha value is -2.32. The predicted molar refractivity (Wildman–Crippen MR) is 92.9 cm³/mol. The standard InChI is InChI=1S/C18H16BrN3O/c19-16-5-1-15(2-6-16)12-22-10-9-21(13-18(22)23)17-7-3-14(11-20)4-8-17/h1-8H,9-10,12-13H2. The van der Waals surface area contributed by atoms with Crippen LogP contribution in [0.3, 0.4) is 0 Å². The van der Waals surface area contributed by atoms with E-state index in [1.165, 1.54) is 0 Å². The number of anilines is 1. The first-order valence-electron chi connectivity index (χ1n) is 7.43. The van der Waals surface area contributed by atoms with Gasteiger partial charge in [0.05, 0.1) is 18.2 Å². The highest BCUT2D eigenvalue weighted by Crippen LogP contribution is 2.19. The lowest BCUT2D eigenvalue weighted by molar-refractivity contribution is -0.131. The van der Waals surface area contributed by atoms with E-state index in [9.17, 15) is 4.79 Å². The van der Waals surface area contributed by atoms with Gasteiger partial charge in [0.1, 0.15) is 0 Å². The van der Waals surface area contributed by atoms with Crippen LogP contribution in [0, 0.1) is 11.3 Å². The summed E-state index contributed by atoms with van der Waals surface area (Å²) >= 11 is 3.42. The SMILES string of the molecule is N#Cc1ccc(N2CCN(Cc3ccc(Br)cc3)C(=O)C2)cc1. The maximum absolute atomic E-state index is 12.4. The van der Waals surface area contributed by atoms with Crippen molar-refractivity contribution >= 4 is 27.5 Å². The largest absolute Gasteiger partial charge is 0.360 e. The number of carbonyl (C=O) groups excluding carboxylic acids is 1. The fourth-order valence-electron chi connectivity index (χ4n) is 2.65. The van der Waals surface area contributed by atoms with Gasteiger partial charge in [0.25, 0.3) is 0 Å². The monoisotopic (exact) mass is 369 g/mol. The number of piperazine rings is 1. The predicted octanol–water partition coefficient (Wildman–Crippen LogP) is 3.17. The summed E-state index contributed by atoms with van der Waals surface area (Å²) in [6.45, 7) is 2.53. The normalized spacial score (nSPS) is 14.7. The second kappa shape index (κ2) is 6.84. The lowest BCUT2D eigenvalue weighted by atomic mass is 10.1. The molecule has 0 aliphatic carbocycles. The molecular weight excluding hydrogens is 354 g/mol. The number of hydrogen-bond acceptors (Lipinski definition) is 3. The number of amides is 1. The number of hydrogen-bond donors (Lipinski definition) is 0. The average Bonchev–Trinajstić information content (AvgIpc) is 2.59. The van der Waals surface area contributed by atoms with Gasteiger partial charge in [-0.2, -0.15) is 5.26 Å². The van der Waals surface area contributed by atoms with Crippen LogP contribution in [-0.4, -0.2) is 30.4 Å². The third kappa shape index (κ3) is 3.72. The summed E-state index contributed by atoms with van der Waals surface area (Å²) in [6.07, 6.45) is 0. The minimum absolute atomic E-state index is 0.128. The highest BCUT2D eigenvalue weighted by Gasteiger charge is 2.24. The minimum atomic E-state index is 0.128. The molecule has 1 saturated heterocycles. The molecule has 5 heteroatoms. The van der Waals surface area contributed by atoms with Gasteiger partial charge in [0.15, 0.2) is 0 Å². The zero-order valence-corrected chi connectivity index (χ0v) is 14.2. The van der Waals surface area contributed by atoms with E-state index in [1.54, 1.807) is 12.1 Å². The molecule has 1 fully saturated rings. The van der Waals surface area contributed by atoms with Gasteiger partial charge in [-0.15, -0.1) is 0 Å². The Balaban J connectivity index is 1.63. The molecular formula is C18H16BrN3O. The Morgan fingerprint density at radius 2 is 1.74 bits per heavy atom. The molecule has 2 aromatic carbocycles. The summed E-state index contributed by atoms with van der Waals surface area (Å²) in [6, 6.07) is 17.5. The number of carbonyl (C=O) groups is 1. The van der Waals surface area contributed by atoms with Crippen LogP contribution >= 0.6 is 15.9 Å².